The van der Waals surface area contributed by atoms with Gasteiger partial charge in [0.25, 0.3) is 0 Å². The molecule has 3 heteroatoms. The molecule has 2 aliphatic rings. The van der Waals surface area contributed by atoms with Gasteiger partial charge in [-0.25, -0.2) is 0 Å². The van der Waals surface area contributed by atoms with Crippen LogP contribution in [0.2, 0.25) is 0 Å². The minimum Gasteiger partial charge on any atom is -0.353 e. The minimum absolute atomic E-state index is 0.0673. The molecule has 1 atom stereocenters. The Bertz CT molecular complexity index is 233. The Morgan fingerprint density at radius 2 is 2.21 bits per heavy atom. The monoisotopic (exact) mass is 196 g/mol. The minimum atomic E-state index is 0.0673. The Morgan fingerprint density at radius 1 is 1.50 bits per heavy atom. The standard InChI is InChI=1S/C11H20N2O/c1-8(2)13-10(14)9-6-11(7-12-9)4-3-5-11/h8-9,12H,3-7H2,1-2H3,(H,13,14)/t9-/m1/s1. The van der Waals surface area contributed by atoms with Crippen LogP contribution in [-0.2, 0) is 4.79 Å². The summed E-state index contributed by atoms with van der Waals surface area (Å²) in [6, 6.07) is 0.319. The van der Waals surface area contributed by atoms with E-state index in [2.05, 4.69) is 10.6 Å². The van der Waals surface area contributed by atoms with Gasteiger partial charge < -0.3 is 10.6 Å². The van der Waals surface area contributed by atoms with Gasteiger partial charge >= 0.3 is 0 Å². The predicted octanol–water partition coefficient (Wildman–Crippen LogP) is 1.04. The third-order valence-electron chi connectivity index (χ3n) is 3.52. The molecule has 1 aliphatic carbocycles. The van der Waals surface area contributed by atoms with E-state index in [-0.39, 0.29) is 18.0 Å². The molecule has 0 aromatic rings. The number of hydrogen-bond acceptors (Lipinski definition) is 2. The Balaban J connectivity index is 1.85. The van der Waals surface area contributed by atoms with E-state index >= 15 is 0 Å². The van der Waals surface area contributed by atoms with Crippen molar-refractivity contribution in [3.05, 3.63) is 0 Å². The van der Waals surface area contributed by atoms with E-state index in [0.717, 1.165) is 13.0 Å². The third kappa shape index (κ3) is 1.78. The van der Waals surface area contributed by atoms with Crippen molar-refractivity contribution >= 4 is 5.91 Å². The molecule has 0 aromatic heterocycles. The molecule has 0 radical (unpaired) electrons. The van der Waals surface area contributed by atoms with Crippen LogP contribution in [0.3, 0.4) is 0 Å². The molecule has 2 rings (SSSR count). The van der Waals surface area contributed by atoms with E-state index in [1.54, 1.807) is 0 Å². The van der Waals surface area contributed by atoms with Crippen molar-refractivity contribution in [2.45, 2.75) is 51.6 Å². The summed E-state index contributed by atoms with van der Waals surface area (Å²) >= 11 is 0. The smallest absolute Gasteiger partial charge is 0.237 e. The summed E-state index contributed by atoms with van der Waals surface area (Å²) in [5.41, 5.74) is 0.485. The topological polar surface area (TPSA) is 41.1 Å². The molecule has 80 valence electrons. The average Bonchev–Trinajstić information content (AvgIpc) is 2.45. The van der Waals surface area contributed by atoms with E-state index in [0.29, 0.717) is 5.41 Å². The quantitative estimate of drug-likeness (QED) is 0.693. The number of rotatable bonds is 2. The molecule has 1 spiro atoms. The first-order chi connectivity index (χ1) is 6.61. The van der Waals surface area contributed by atoms with E-state index in [4.69, 9.17) is 0 Å². The van der Waals surface area contributed by atoms with Crippen molar-refractivity contribution < 1.29 is 4.79 Å². The maximum atomic E-state index is 11.7. The molecule has 14 heavy (non-hydrogen) atoms. The number of nitrogens with one attached hydrogen (secondary N) is 2. The zero-order chi connectivity index (χ0) is 10.2. The van der Waals surface area contributed by atoms with Crippen molar-refractivity contribution in [2.24, 2.45) is 5.41 Å². The van der Waals surface area contributed by atoms with Gasteiger partial charge in [-0.3, -0.25) is 4.79 Å². The highest BCUT2D eigenvalue weighted by molar-refractivity contribution is 5.82. The van der Waals surface area contributed by atoms with Gasteiger partial charge in [-0.05, 0) is 38.5 Å². The highest BCUT2D eigenvalue weighted by Crippen LogP contribution is 2.47. The van der Waals surface area contributed by atoms with Crippen LogP contribution < -0.4 is 10.6 Å². The van der Waals surface area contributed by atoms with Crippen molar-refractivity contribution in [1.29, 1.82) is 0 Å². The summed E-state index contributed by atoms with van der Waals surface area (Å²) in [6.07, 6.45) is 5.02. The van der Waals surface area contributed by atoms with Crippen LogP contribution in [0.1, 0.15) is 39.5 Å². The fraction of sp³-hybridized carbons (Fsp3) is 0.909. The molecule has 0 bridgehead atoms. The van der Waals surface area contributed by atoms with Crippen LogP contribution >= 0.6 is 0 Å². The van der Waals surface area contributed by atoms with Crippen LogP contribution in [0.5, 0.6) is 0 Å². The Morgan fingerprint density at radius 3 is 2.64 bits per heavy atom. The predicted molar refractivity (Wildman–Crippen MR) is 56.0 cm³/mol. The summed E-state index contributed by atoms with van der Waals surface area (Å²) in [4.78, 5) is 11.7. The summed E-state index contributed by atoms with van der Waals surface area (Å²) < 4.78 is 0. The van der Waals surface area contributed by atoms with E-state index in [1.165, 1.54) is 19.3 Å². The van der Waals surface area contributed by atoms with Gasteiger partial charge in [0.1, 0.15) is 0 Å². The lowest BCUT2D eigenvalue weighted by atomic mass is 9.67. The van der Waals surface area contributed by atoms with Crippen molar-refractivity contribution in [3.63, 3.8) is 0 Å². The van der Waals surface area contributed by atoms with E-state index in [1.807, 2.05) is 13.8 Å². The molecule has 0 unspecified atom stereocenters. The zero-order valence-corrected chi connectivity index (χ0v) is 9.10. The van der Waals surface area contributed by atoms with Crippen molar-refractivity contribution in [2.75, 3.05) is 6.54 Å². The first-order valence-electron chi connectivity index (χ1n) is 5.65. The molecule has 1 aliphatic heterocycles. The second-order valence-electron chi connectivity index (χ2n) is 5.15. The van der Waals surface area contributed by atoms with Gasteiger partial charge in [-0.2, -0.15) is 0 Å². The van der Waals surface area contributed by atoms with Gasteiger partial charge in [0.2, 0.25) is 5.91 Å². The van der Waals surface area contributed by atoms with Gasteiger partial charge in [-0.1, -0.05) is 6.42 Å². The zero-order valence-electron chi connectivity index (χ0n) is 9.10. The van der Waals surface area contributed by atoms with Crippen LogP contribution in [0.25, 0.3) is 0 Å². The Labute approximate surface area is 85.6 Å². The summed E-state index contributed by atoms with van der Waals surface area (Å²) in [6.45, 7) is 5.06. The highest BCUT2D eigenvalue weighted by Gasteiger charge is 2.45. The van der Waals surface area contributed by atoms with Crippen LogP contribution in [0.15, 0.2) is 0 Å². The maximum Gasteiger partial charge on any atom is 0.237 e. The van der Waals surface area contributed by atoms with Crippen LogP contribution in [-0.4, -0.2) is 24.5 Å². The molecular formula is C11H20N2O. The lowest BCUT2D eigenvalue weighted by Gasteiger charge is -2.37. The number of amides is 1. The second-order valence-corrected chi connectivity index (χ2v) is 5.15. The molecule has 1 amide bonds. The summed E-state index contributed by atoms with van der Waals surface area (Å²) in [5.74, 6) is 0.184. The van der Waals surface area contributed by atoms with Gasteiger partial charge in [-0.15, -0.1) is 0 Å². The fourth-order valence-electron chi connectivity index (χ4n) is 2.55. The maximum absolute atomic E-state index is 11.7. The molecule has 2 N–H and O–H groups in total. The largest absolute Gasteiger partial charge is 0.353 e. The van der Waals surface area contributed by atoms with E-state index in [9.17, 15) is 4.79 Å². The molecule has 1 saturated heterocycles. The van der Waals surface area contributed by atoms with Gasteiger partial charge in [0.05, 0.1) is 6.04 Å². The summed E-state index contributed by atoms with van der Waals surface area (Å²) in [7, 11) is 0. The normalized spacial score (nSPS) is 29.2. The lowest BCUT2D eigenvalue weighted by molar-refractivity contribution is -0.123. The average molecular weight is 196 g/mol. The van der Waals surface area contributed by atoms with Crippen molar-refractivity contribution in [1.82, 2.24) is 10.6 Å². The second kappa shape index (κ2) is 3.54. The summed E-state index contributed by atoms with van der Waals surface area (Å²) in [5, 5.41) is 6.31. The molecule has 1 saturated carbocycles. The first-order valence-corrected chi connectivity index (χ1v) is 5.65. The Kier molecular flexibility index (Phi) is 2.52. The number of carbonyl (C=O) groups is 1. The molecule has 1 heterocycles. The number of hydrogen-bond donors (Lipinski definition) is 2. The molecule has 0 aromatic carbocycles. The van der Waals surface area contributed by atoms with Gasteiger partial charge in [0.15, 0.2) is 0 Å². The third-order valence-corrected chi connectivity index (χ3v) is 3.52. The van der Waals surface area contributed by atoms with Crippen LogP contribution in [0, 0.1) is 5.41 Å². The molecule has 3 nitrogen and oxygen atoms in total. The van der Waals surface area contributed by atoms with Crippen LogP contribution in [0.4, 0.5) is 0 Å². The van der Waals surface area contributed by atoms with Gasteiger partial charge in [0, 0.05) is 12.6 Å². The molecule has 2 fully saturated rings. The first kappa shape index (κ1) is 9.97. The molecular weight excluding hydrogens is 176 g/mol. The highest BCUT2D eigenvalue weighted by atomic mass is 16.2. The number of carbonyl (C=O) groups excluding carboxylic acids is 1. The lowest BCUT2D eigenvalue weighted by Crippen LogP contribution is -2.43. The van der Waals surface area contributed by atoms with E-state index < -0.39 is 0 Å². The SMILES string of the molecule is CC(C)NC(=O)[C@H]1CC2(CCC2)CN1. The van der Waals surface area contributed by atoms with Crippen molar-refractivity contribution in [3.8, 4) is 0 Å². The fourth-order valence-corrected chi connectivity index (χ4v) is 2.55. The Hall–Kier alpha value is -0.570.